The van der Waals surface area contributed by atoms with E-state index in [1.807, 2.05) is 41.8 Å². The van der Waals surface area contributed by atoms with Crippen LogP contribution < -0.4 is 0 Å². The normalized spacial score (nSPS) is 12.2. The predicted octanol–water partition coefficient (Wildman–Crippen LogP) is 5.02. The van der Waals surface area contributed by atoms with E-state index in [4.69, 9.17) is 0 Å². The molecule has 6 heteroatoms. The number of benzene rings is 1. The van der Waals surface area contributed by atoms with E-state index in [-0.39, 0.29) is 5.78 Å². The maximum absolute atomic E-state index is 12.3. The van der Waals surface area contributed by atoms with Crippen molar-refractivity contribution in [3.8, 4) is 10.7 Å². The number of aromatic nitrogens is 3. The van der Waals surface area contributed by atoms with Gasteiger partial charge < -0.3 is 0 Å². The predicted molar refractivity (Wildman–Crippen MR) is 99.9 cm³/mol. The number of thiophene rings is 1. The zero-order valence-corrected chi connectivity index (χ0v) is 15.3. The standard InChI is InChI=1S/C18H19N3OS2/c1-3-12(2)13-6-8-14(9-7-13)15(22)11-24-18-19-17(20-21-18)16-5-4-10-23-16/h4-10,12H,3,11H2,1-2H3,(H,19,20,21)/t12-/m1/s1. The molecule has 0 spiro atoms. The van der Waals surface area contributed by atoms with Gasteiger partial charge in [-0.05, 0) is 29.3 Å². The number of thioether (sulfide) groups is 1. The van der Waals surface area contributed by atoms with Gasteiger partial charge >= 0.3 is 0 Å². The van der Waals surface area contributed by atoms with Crippen molar-refractivity contribution in [1.29, 1.82) is 0 Å². The number of rotatable bonds is 7. The molecule has 1 aromatic carbocycles. The van der Waals surface area contributed by atoms with E-state index in [9.17, 15) is 4.79 Å². The molecule has 2 aromatic heterocycles. The Hall–Kier alpha value is -1.92. The van der Waals surface area contributed by atoms with E-state index >= 15 is 0 Å². The Kier molecular flexibility index (Phi) is 5.48. The van der Waals surface area contributed by atoms with Crippen LogP contribution in [-0.4, -0.2) is 26.7 Å². The average molecular weight is 358 g/mol. The van der Waals surface area contributed by atoms with Crippen molar-refractivity contribution in [3.05, 3.63) is 52.9 Å². The topological polar surface area (TPSA) is 58.6 Å². The number of hydrogen-bond acceptors (Lipinski definition) is 5. The lowest BCUT2D eigenvalue weighted by molar-refractivity contribution is 0.102. The molecule has 0 radical (unpaired) electrons. The number of aromatic amines is 1. The highest BCUT2D eigenvalue weighted by atomic mass is 32.2. The van der Waals surface area contributed by atoms with Crippen LogP contribution in [0.5, 0.6) is 0 Å². The Balaban J connectivity index is 1.59. The number of Topliss-reactive ketones (excluding diaryl/α,β-unsaturated/α-hetero) is 1. The summed E-state index contributed by atoms with van der Waals surface area (Å²) < 4.78 is 0. The maximum Gasteiger partial charge on any atom is 0.209 e. The number of H-pyrrole nitrogens is 1. The molecule has 2 heterocycles. The monoisotopic (exact) mass is 357 g/mol. The smallest absolute Gasteiger partial charge is 0.209 e. The van der Waals surface area contributed by atoms with Gasteiger partial charge in [-0.1, -0.05) is 55.9 Å². The first kappa shape index (κ1) is 16.9. The molecular formula is C18H19N3OS2. The fourth-order valence-corrected chi connectivity index (χ4v) is 3.64. The molecule has 0 aliphatic heterocycles. The third kappa shape index (κ3) is 3.94. The number of ketones is 1. The van der Waals surface area contributed by atoms with Gasteiger partial charge in [-0.25, -0.2) is 4.98 Å². The zero-order valence-electron chi connectivity index (χ0n) is 13.7. The van der Waals surface area contributed by atoms with Gasteiger partial charge in [0.15, 0.2) is 11.6 Å². The minimum atomic E-state index is 0.0955. The SMILES string of the molecule is CC[C@@H](C)c1ccc(C(=O)CSc2n[nH]c(-c3cccs3)n2)cc1. The largest absolute Gasteiger partial charge is 0.293 e. The van der Waals surface area contributed by atoms with Gasteiger partial charge in [-0.15, -0.1) is 16.4 Å². The summed E-state index contributed by atoms with van der Waals surface area (Å²) in [6, 6.07) is 11.9. The summed E-state index contributed by atoms with van der Waals surface area (Å²) in [5.74, 6) is 1.70. The van der Waals surface area contributed by atoms with E-state index in [1.165, 1.54) is 17.3 Å². The van der Waals surface area contributed by atoms with Crippen molar-refractivity contribution in [1.82, 2.24) is 15.2 Å². The fourth-order valence-electron chi connectivity index (χ4n) is 2.28. The van der Waals surface area contributed by atoms with Crippen LogP contribution in [0, 0.1) is 0 Å². The van der Waals surface area contributed by atoms with E-state index in [0.717, 1.165) is 22.7 Å². The van der Waals surface area contributed by atoms with Crippen molar-refractivity contribution < 1.29 is 4.79 Å². The highest BCUT2D eigenvalue weighted by Gasteiger charge is 2.12. The van der Waals surface area contributed by atoms with Crippen LogP contribution in [0.3, 0.4) is 0 Å². The van der Waals surface area contributed by atoms with Crippen LogP contribution in [0.15, 0.2) is 46.9 Å². The van der Waals surface area contributed by atoms with Gasteiger partial charge in [0.05, 0.1) is 10.6 Å². The number of carbonyl (C=O) groups is 1. The Labute approximate surface area is 149 Å². The molecule has 0 bridgehead atoms. The number of nitrogens with zero attached hydrogens (tertiary/aromatic N) is 2. The third-order valence-electron chi connectivity index (χ3n) is 3.97. The van der Waals surface area contributed by atoms with Crippen LogP contribution >= 0.6 is 23.1 Å². The first-order valence-electron chi connectivity index (χ1n) is 7.89. The molecule has 0 unspecified atom stereocenters. The van der Waals surface area contributed by atoms with Gasteiger partial charge in [0.25, 0.3) is 0 Å². The third-order valence-corrected chi connectivity index (χ3v) is 5.69. The zero-order chi connectivity index (χ0) is 16.9. The quantitative estimate of drug-likeness (QED) is 0.476. The molecule has 24 heavy (non-hydrogen) atoms. The van der Waals surface area contributed by atoms with Crippen LogP contribution in [-0.2, 0) is 0 Å². The molecule has 0 aliphatic carbocycles. The highest BCUT2D eigenvalue weighted by Crippen LogP contribution is 2.24. The number of nitrogens with one attached hydrogen (secondary N) is 1. The first-order chi connectivity index (χ1) is 11.7. The summed E-state index contributed by atoms with van der Waals surface area (Å²) in [4.78, 5) is 17.8. The molecule has 4 nitrogen and oxygen atoms in total. The molecule has 3 aromatic rings. The van der Waals surface area contributed by atoms with Gasteiger partial charge in [0.1, 0.15) is 0 Å². The summed E-state index contributed by atoms with van der Waals surface area (Å²) >= 11 is 2.96. The summed E-state index contributed by atoms with van der Waals surface area (Å²) in [5.41, 5.74) is 2.01. The summed E-state index contributed by atoms with van der Waals surface area (Å²) in [7, 11) is 0. The molecule has 0 saturated heterocycles. The Morgan fingerprint density at radius 3 is 2.75 bits per heavy atom. The lowest BCUT2D eigenvalue weighted by Gasteiger charge is -2.09. The summed E-state index contributed by atoms with van der Waals surface area (Å²) in [6.45, 7) is 4.36. The Bertz CT molecular complexity index is 794. The van der Waals surface area contributed by atoms with Crippen LogP contribution in [0.25, 0.3) is 10.7 Å². The Morgan fingerprint density at radius 2 is 2.08 bits per heavy atom. The molecule has 0 saturated carbocycles. The van der Waals surface area contributed by atoms with Crippen molar-refractivity contribution in [3.63, 3.8) is 0 Å². The van der Waals surface area contributed by atoms with Gasteiger partial charge in [0, 0.05) is 5.56 Å². The Morgan fingerprint density at radius 1 is 1.29 bits per heavy atom. The van der Waals surface area contributed by atoms with Crippen molar-refractivity contribution >= 4 is 28.9 Å². The summed E-state index contributed by atoms with van der Waals surface area (Å²) in [6.07, 6.45) is 1.10. The van der Waals surface area contributed by atoms with Crippen LogP contribution in [0.2, 0.25) is 0 Å². The second-order valence-corrected chi connectivity index (χ2v) is 7.48. The minimum absolute atomic E-state index is 0.0955. The second-order valence-electron chi connectivity index (χ2n) is 5.59. The van der Waals surface area contributed by atoms with Gasteiger partial charge in [0.2, 0.25) is 5.16 Å². The number of hydrogen-bond donors (Lipinski definition) is 1. The lowest BCUT2D eigenvalue weighted by Crippen LogP contribution is -2.03. The van der Waals surface area contributed by atoms with Crippen molar-refractivity contribution in [2.45, 2.75) is 31.3 Å². The van der Waals surface area contributed by atoms with E-state index < -0.39 is 0 Å². The van der Waals surface area contributed by atoms with Crippen LogP contribution in [0.4, 0.5) is 0 Å². The summed E-state index contributed by atoms with van der Waals surface area (Å²) in [5, 5.41) is 9.68. The maximum atomic E-state index is 12.3. The van der Waals surface area contributed by atoms with E-state index in [2.05, 4.69) is 29.0 Å². The molecular weight excluding hydrogens is 338 g/mol. The van der Waals surface area contributed by atoms with E-state index in [0.29, 0.717) is 16.8 Å². The highest BCUT2D eigenvalue weighted by molar-refractivity contribution is 7.99. The molecule has 0 aliphatic rings. The van der Waals surface area contributed by atoms with E-state index in [1.54, 1.807) is 11.3 Å². The first-order valence-corrected chi connectivity index (χ1v) is 9.76. The molecule has 0 amide bonds. The van der Waals surface area contributed by atoms with Crippen molar-refractivity contribution in [2.24, 2.45) is 0 Å². The molecule has 124 valence electrons. The average Bonchev–Trinajstić information content (AvgIpc) is 3.30. The molecule has 0 fully saturated rings. The number of carbonyl (C=O) groups excluding carboxylic acids is 1. The minimum Gasteiger partial charge on any atom is -0.293 e. The van der Waals surface area contributed by atoms with Gasteiger partial charge in [-0.2, -0.15) is 0 Å². The fraction of sp³-hybridized carbons (Fsp3) is 0.278. The van der Waals surface area contributed by atoms with Crippen molar-refractivity contribution in [2.75, 3.05) is 5.75 Å². The van der Waals surface area contributed by atoms with Gasteiger partial charge in [-0.3, -0.25) is 9.89 Å². The second kappa shape index (κ2) is 7.77. The lowest BCUT2D eigenvalue weighted by atomic mass is 9.97. The van der Waals surface area contributed by atoms with Crippen LogP contribution in [0.1, 0.15) is 42.1 Å². The molecule has 1 atom stereocenters. The molecule has 1 N–H and O–H groups in total. The molecule has 3 rings (SSSR count).